The Bertz CT molecular complexity index is 167. The normalized spacial score (nSPS) is 8.50. The molecule has 3 heteroatoms. The summed E-state index contributed by atoms with van der Waals surface area (Å²) >= 11 is 0. The molecule has 0 fully saturated rings. The van der Waals surface area contributed by atoms with Crippen LogP contribution in [-0.2, 0) is 11.3 Å². The van der Waals surface area contributed by atoms with Gasteiger partial charge in [-0.15, -0.1) is 11.6 Å². The monoisotopic (exact) mass is 262 g/mol. The van der Waals surface area contributed by atoms with Crippen molar-refractivity contribution in [1.29, 1.82) is 0 Å². The van der Waals surface area contributed by atoms with Crippen LogP contribution < -0.4 is 0 Å². The number of hydrogen-bond donors (Lipinski definition) is 0. The second kappa shape index (κ2) is 6.21. The van der Waals surface area contributed by atoms with E-state index in [0.717, 1.165) is 5.56 Å². The number of hydrogen-bond acceptors (Lipinski definition) is 2. The van der Waals surface area contributed by atoms with E-state index in [1.54, 1.807) is 13.3 Å². The molecule has 2 nitrogen and oxygen atoms in total. The summed E-state index contributed by atoms with van der Waals surface area (Å²) < 4.78 is 4.88. The zero-order valence-corrected chi connectivity index (χ0v) is 8.93. The number of nitrogens with zero attached hydrogens (tertiary/aromatic N) is 1. The molecule has 0 aliphatic heterocycles. The minimum absolute atomic E-state index is 0. The van der Waals surface area contributed by atoms with Gasteiger partial charge in [0.2, 0.25) is 0 Å². The van der Waals surface area contributed by atoms with Crippen LogP contribution in [-0.4, -0.2) is 12.1 Å². The molecule has 0 unspecified atom stereocenters. The molecule has 1 aromatic heterocycles. The van der Waals surface area contributed by atoms with E-state index in [2.05, 4.69) is 11.2 Å². The Morgan fingerprint density at radius 2 is 2.50 bits per heavy atom. The molecule has 10 heavy (non-hydrogen) atoms. The molecule has 1 rings (SSSR count). The summed E-state index contributed by atoms with van der Waals surface area (Å²) in [5.74, 6) is 0. The second-order valence-corrected chi connectivity index (χ2v) is 1.73. The van der Waals surface area contributed by atoms with E-state index in [1.165, 1.54) is 0 Å². The second-order valence-electron chi connectivity index (χ2n) is 1.73. The molecule has 0 atom stereocenters. The SMILES string of the molecule is COCc1c[c-]ncc1.[Ce]. The van der Waals surface area contributed by atoms with E-state index in [0.29, 0.717) is 6.61 Å². The molecule has 1 heterocycles. The Morgan fingerprint density at radius 1 is 1.70 bits per heavy atom. The van der Waals surface area contributed by atoms with Gasteiger partial charge in [-0.3, -0.25) is 0 Å². The number of ether oxygens (including phenoxy) is 1. The van der Waals surface area contributed by atoms with Crippen molar-refractivity contribution in [3.8, 4) is 0 Å². The standard InChI is InChI=1S/C7H8NO.Ce/c1-9-6-7-2-4-8-5-3-7;/h2-4H,6H2,1H3;/q-1;. The Labute approximate surface area is 94.4 Å². The van der Waals surface area contributed by atoms with Gasteiger partial charge in [0.25, 0.3) is 0 Å². The number of aromatic nitrogens is 1. The Morgan fingerprint density at radius 3 is 3.00 bits per heavy atom. The Kier molecular flexibility index (Phi) is 6.52. The Balaban J connectivity index is 0.000000810. The van der Waals surface area contributed by atoms with Crippen LogP contribution in [0, 0.1) is 47.9 Å². The van der Waals surface area contributed by atoms with E-state index in [4.69, 9.17) is 4.74 Å². The van der Waals surface area contributed by atoms with E-state index < -0.39 is 0 Å². The summed E-state index contributed by atoms with van der Waals surface area (Å²) in [6.07, 6.45) is 4.42. The van der Waals surface area contributed by atoms with Gasteiger partial charge in [-0.1, -0.05) is 12.4 Å². The van der Waals surface area contributed by atoms with Gasteiger partial charge in [0.1, 0.15) is 0 Å². The van der Waals surface area contributed by atoms with Crippen LogP contribution >= 0.6 is 0 Å². The minimum Gasteiger partial charge on any atom is -0.394 e. The van der Waals surface area contributed by atoms with Crippen molar-refractivity contribution in [2.45, 2.75) is 6.61 Å². The summed E-state index contributed by atoms with van der Waals surface area (Å²) in [5.41, 5.74) is 1.10. The summed E-state index contributed by atoms with van der Waals surface area (Å²) in [6.45, 7) is 0.638. The average molecular weight is 262 g/mol. The predicted octanol–water partition coefficient (Wildman–Crippen LogP) is 1.03. The first-order valence-electron chi connectivity index (χ1n) is 2.73. The fourth-order valence-corrected chi connectivity index (χ4v) is 0.601. The average Bonchev–Trinajstić information content (AvgIpc) is 1.91. The molecule has 0 aliphatic rings. The maximum absolute atomic E-state index is 4.88. The first kappa shape index (κ1) is 10.5. The van der Waals surface area contributed by atoms with E-state index >= 15 is 0 Å². The molecular weight excluding hydrogens is 254 g/mol. The van der Waals surface area contributed by atoms with Crippen LogP contribution in [0.5, 0.6) is 0 Å². The van der Waals surface area contributed by atoms with Gasteiger partial charge in [-0.05, 0) is 0 Å². The molecule has 0 spiro atoms. The van der Waals surface area contributed by atoms with Gasteiger partial charge in [0.05, 0.1) is 0 Å². The van der Waals surface area contributed by atoms with Crippen LogP contribution in [0.2, 0.25) is 0 Å². The molecule has 0 radical (unpaired) electrons. The van der Waals surface area contributed by atoms with Crippen molar-refractivity contribution in [3.05, 3.63) is 30.1 Å². The third-order valence-electron chi connectivity index (χ3n) is 0.999. The van der Waals surface area contributed by atoms with Gasteiger partial charge < -0.3 is 9.72 Å². The largest absolute Gasteiger partial charge is 0.394 e. The molecule has 0 aliphatic carbocycles. The van der Waals surface area contributed by atoms with Crippen LogP contribution in [0.3, 0.4) is 0 Å². The van der Waals surface area contributed by atoms with E-state index in [9.17, 15) is 0 Å². The van der Waals surface area contributed by atoms with Gasteiger partial charge in [-0.25, -0.2) is 0 Å². The molecule has 0 saturated heterocycles. The Hall–Kier alpha value is 0.487. The molecule has 0 saturated carbocycles. The first-order chi connectivity index (χ1) is 4.43. The summed E-state index contributed by atoms with van der Waals surface area (Å²) in [5, 5.41) is 0. The van der Waals surface area contributed by atoms with Gasteiger partial charge in [-0.2, -0.15) is 6.07 Å². The minimum atomic E-state index is 0. The molecule has 0 amide bonds. The fraction of sp³-hybridized carbons (Fsp3) is 0.286. The smallest absolute Gasteiger partial charge is 0.0345 e. The van der Waals surface area contributed by atoms with Gasteiger partial charge >= 0.3 is 0 Å². The number of pyridine rings is 1. The molecule has 0 N–H and O–H groups in total. The number of methoxy groups -OCH3 is 1. The molecule has 0 aromatic carbocycles. The molecular formula is C7H8CeNO-. The summed E-state index contributed by atoms with van der Waals surface area (Å²) in [7, 11) is 1.67. The van der Waals surface area contributed by atoms with Crippen molar-refractivity contribution in [2.24, 2.45) is 0 Å². The third kappa shape index (κ3) is 3.61. The quantitative estimate of drug-likeness (QED) is 0.743. The zero-order chi connectivity index (χ0) is 6.53. The molecule has 1 aromatic rings. The fourth-order valence-electron chi connectivity index (χ4n) is 0.601. The van der Waals surface area contributed by atoms with Crippen molar-refractivity contribution in [2.75, 3.05) is 7.11 Å². The topological polar surface area (TPSA) is 22.1 Å². The maximum atomic E-state index is 4.88. The van der Waals surface area contributed by atoms with Crippen LogP contribution in [0.4, 0.5) is 0 Å². The van der Waals surface area contributed by atoms with E-state index in [-0.39, 0.29) is 41.7 Å². The predicted molar refractivity (Wildman–Crippen MR) is 33.8 cm³/mol. The van der Waals surface area contributed by atoms with Crippen LogP contribution in [0.15, 0.2) is 18.3 Å². The van der Waals surface area contributed by atoms with Crippen molar-refractivity contribution in [3.63, 3.8) is 0 Å². The van der Waals surface area contributed by atoms with Gasteiger partial charge in [0, 0.05) is 55.5 Å². The first-order valence-corrected chi connectivity index (χ1v) is 2.73. The molecule has 0 bridgehead atoms. The van der Waals surface area contributed by atoms with Crippen molar-refractivity contribution >= 4 is 0 Å². The van der Waals surface area contributed by atoms with Gasteiger partial charge in [0.15, 0.2) is 0 Å². The zero-order valence-electron chi connectivity index (χ0n) is 5.79. The van der Waals surface area contributed by atoms with E-state index in [1.807, 2.05) is 12.1 Å². The maximum Gasteiger partial charge on any atom is 0.0345 e. The summed E-state index contributed by atoms with van der Waals surface area (Å²) in [4.78, 5) is 3.75. The van der Waals surface area contributed by atoms with Crippen molar-refractivity contribution in [1.82, 2.24) is 4.98 Å². The van der Waals surface area contributed by atoms with Crippen molar-refractivity contribution < 1.29 is 46.5 Å². The van der Waals surface area contributed by atoms with Crippen LogP contribution in [0.25, 0.3) is 0 Å². The third-order valence-corrected chi connectivity index (χ3v) is 0.999. The number of rotatable bonds is 2. The summed E-state index contributed by atoms with van der Waals surface area (Å²) in [6, 6.07) is 3.71. The molecule has 52 valence electrons. The van der Waals surface area contributed by atoms with Crippen LogP contribution in [0.1, 0.15) is 5.56 Å².